The third kappa shape index (κ3) is 2.98. The standard InChI is InChI=1S/C14H18BrFN2O/c1-14(2)8-18(6-5-12(14)17)13(19)9-3-4-11(16)10(15)7-9/h3-4,7,12H,5-6,8,17H2,1-2H3. The average Bonchev–Trinajstić information content (AvgIpc) is 2.35. The molecule has 0 aliphatic carbocycles. The van der Waals surface area contributed by atoms with E-state index in [0.717, 1.165) is 6.42 Å². The van der Waals surface area contributed by atoms with E-state index < -0.39 is 0 Å². The molecule has 1 aromatic rings. The van der Waals surface area contributed by atoms with Crippen molar-refractivity contribution < 1.29 is 9.18 Å². The van der Waals surface area contributed by atoms with Gasteiger partial charge in [0.1, 0.15) is 5.82 Å². The molecule has 0 aromatic heterocycles. The molecule has 1 aliphatic rings. The van der Waals surface area contributed by atoms with Gasteiger partial charge in [-0.3, -0.25) is 4.79 Å². The minimum atomic E-state index is -0.363. The fraction of sp³-hybridized carbons (Fsp3) is 0.500. The van der Waals surface area contributed by atoms with E-state index in [1.807, 2.05) is 0 Å². The highest BCUT2D eigenvalue weighted by molar-refractivity contribution is 9.10. The molecule has 0 bridgehead atoms. The molecule has 1 heterocycles. The van der Waals surface area contributed by atoms with Crippen LogP contribution >= 0.6 is 15.9 Å². The van der Waals surface area contributed by atoms with E-state index >= 15 is 0 Å². The first kappa shape index (κ1) is 14.5. The molecule has 0 saturated carbocycles. The number of halogens is 2. The highest BCUT2D eigenvalue weighted by atomic mass is 79.9. The first-order valence-corrected chi connectivity index (χ1v) is 7.10. The molecule has 0 spiro atoms. The molecule has 1 aromatic carbocycles. The lowest BCUT2D eigenvalue weighted by Gasteiger charge is -2.42. The Morgan fingerprint density at radius 2 is 2.21 bits per heavy atom. The molecule has 2 rings (SSSR count). The first-order valence-electron chi connectivity index (χ1n) is 6.31. The molecule has 104 valence electrons. The van der Waals surface area contributed by atoms with E-state index in [-0.39, 0.29) is 23.2 Å². The van der Waals surface area contributed by atoms with Crippen molar-refractivity contribution in [2.45, 2.75) is 26.3 Å². The Bertz CT molecular complexity index is 504. The van der Waals surface area contributed by atoms with Crippen LogP contribution in [0, 0.1) is 11.2 Å². The second-order valence-electron chi connectivity index (χ2n) is 5.74. The van der Waals surface area contributed by atoms with Gasteiger partial charge in [-0.05, 0) is 46.0 Å². The second kappa shape index (κ2) is 5.21. The van der Waals surface area contributed by atoms with Gasteiger partial charge in [-0.1, -0.05) is 13.8 Å². The van der Waals surface area contributed by atoms with Gasteiger partial charge in [0, 0.05) is 24.7 Å². The predicted octanol–water partition coefficient (Wildman–Crippen LogP) is 2.79. The van der Waals surface area contributed by atoms with E-state index in [2.05, 4.69) is 29.8 Å². The van der Waals surface area contributed by atoms with Crippen LogP contribution in [0.4, 0.5) is 4.39 Å². The van der Waals surface area contributed by atoms with E-state index in [1.165, 1.54) is 18.2 Å². The molecule has 1 aliphatic heterocycles. The third-order valence-corrected chi connectivity index (χ3v) is 4.37. The number of hydrogen-bond donors (Lipinski definition) is 1. The Morgan fingerprint density at radius 1 is 1.53 bits per heavy atom. The summed E-state index contributed by atoms with van der Waals surface area (Å²) in [6.45, 7) is 5.41. The van der Waals surface area contributed by atoms with Crippen LogP contribution in [0.1, 0.15) is 30.6 Å². The number of nitrogens with zero attached hydrogens (tertiary/aromatic N) is 1. The van der Waals surface area contributed by atoms with Gasteiger partial charge >= 0.3 is 0 Å². The molecule has 1 amide bonds. The second-order valence-corrected chi connectivity index (χ2v) is 6.59. The normalized spacial score (nSPS) is 22.4. The minimum Gasteiger partial charge on any atom is -0.338 e. The van der Waals surface area contributed by atoms with Gasteiger partial charge in [-0.15, -0.1) is 0 Å². The maximum atomic E-state index is 13.2. The molecular formula is C14H18BrFN2O. The van der Waals surface area contributed by atoms with Crippen molar-refractivity contribution in [2.75, 3.05) is 13.1 Å². The summed E-state index contributed by atoms with van der Waals surface area (Å²) in [7, 11) is 0. The number of nitrogens with two attached hydrogens (primary N) is 1. The minimum absolute atomic E-state index is 0.0688. The summed E-state index contributed by atoms with van der Waals surface area (Å²) in [4.78, 5) is 14.2. The van der Waals surface area contributed by atoms with Crippen molar-refractivity contribution in [1.82, 2.24) is 4.90 Å². The summed E-state index contributed by atoms with van der Waals surface area (Å²) in [5, 5.41) is 0. The summed E-state index contributed by atoms with van der Waals surface area (Å²) in [6, 6.07) is 4.46. The molecule has 2 N–H and O–H groups in total. The zero-order valence-corrected chi connectivity index (χ0v) is 12.7. The Balaban J connectivity index is 2.18. The van der Waals surface area contributed by atoms with Gasteiger partial charge in [-0.2, -0.15) is 0 Å². The van der Waals surface area contributed by atoms with Crippen LogP contribution in [-0.2, 0) is 0 Å². The fourth-order valence-electron chi connectivity index (χ4n) is 2.36. The number of likely N-dealkylation sites (tertiary alicyclic amines) is 1. The Kier molecular flexibility index (Phi) is 3.97. The smallest absolute Gasteiger partial charge is 0.253 e. The highest BCUT2D eigenvalue weighted by Gasteiger charge is 2.35. The molecule has 0 radical (unpaired) electrons. The van der Waals surface area contributed by atoms with Crippen molar-refractivity contribution in [3.8, 4) is 0 Å². The Labute approximate surface area is 121 Å². The summed E-state index contributed by atoms with van der Waals surface area (Å²) in [5.41, 5.74) is 6.47. The van der Waals surface area contributed by atoms with Crippen molar-refractivity contribution in [3.63, 3.8) is 0 Å². The zero-order chi connectivity index (χ0) is 14.2. The topological polar surface area (TPSA) is 46.3 Å². The summed E-state index contributed by atoms with van der Waals surface area (Å²) in [6.07, 6.45) is 0.793. The quantitative estimate of drug-likeness (QED) is 0.861. The highest BCUT2D eigenvalue weighted by Crippen LogP contribution is 2.29. The number of carbonyl (C=O) groups is 1. The van der Waals surface area contributed by atoms with Gasteiger partial charge in [0.2, 0.25) is 0 Å². The van der Waals surface area contributed by atoms with Gasteiger partial charge in [0.15, 0.2) is 0 Å². The van der Waals surface area contributed by atoms with E-state index in [4.69, 9.17) is 5.73 Å². The largest absolute Gasteiger partial charge is 0.338 e. The lowest BCUT2D eigenvalue weighted by atomic mass is 9.79. The molecule has 19 heavy (non-hydrogen) atoms. The van der Waals surface area contributed by atoms with Crippen molar-refractivity contribution in [1.29, 1.82) is 0 Å². The molecule has 1 fully saturated rings. The molecule has 1 unspecified atom stereocenters. The van der Waals surface area contributed by atoms with Crippen LogP contribution in [0.5, 0.6) is 0 Å². The van der Waals surface area contributed by atoms with E-state index in [1.54, 1.807) is 4.90 Å². The zero-order valence-electron chi connectivity index (χ0n) is 11.1. The fourth-order valence-corrected chi connectivity index (χ4v) is 2.74. The predicted molar refractivity (Wildman–Crippen MR) is 76.4 cm³/mol. The van der Waals surface area contributed by atoms with Gasteiger partial charge in [0.25, 0.3) is 5.91 Å². The van der Waals surface area contributed by atoms with Crippen LogP contribution < -0.4 is 5.73 Å². The summed E-state index contributed by atoms with van der Waals surface area (Å²) in [5.74, 6) is -0.432. The van der Waals surface area contributed by atoms with Gasteiger partial charge < -0.3 is 10.6 Å². The van der Waals surface area contributed by atoms with Crippen molar-refractivity contribution in [3.05, 3.63) is 34.1 Å². The summed E-state index contributed by atoms with van der Waals surface area (Å²) < 4.78 is 13.5. The number of benzene rings is 1. The lowest BCUT2D eigenvalue weighted by molar-refractivity contribution is 0.0533. The van der Waals surface area contributed by atoms with Crippen LogP contribution in [0.25, 0.3) is 0 Å². The number of piperidine rings is 1. The van der Waals surface area contributed by atoms with Crippen molar-refractivity contribution >= 4 is 21.8 Å². The van der Waals surface area contributed by atoms with Crippen LogP contribution in [-0.4, -0.2) is 29.9 Å². The number of rotatable bonds is 1. The maximum absolute atomic E-state index is 13.2. The molecule has 5 heteroatoms. The van der Waals surface area contributed by atoms with Crippen molar-refractivity contribution in [2.24, 2.45) is 11.1 Å². The average molecular weight is 329 g/mol. The van der Waals surface area contributed by atoms with E-state index in [9.17, 15) is 9.18 Å². The van der Waals surface area contributed by atoms with Gasteiger partial charge in [-0.25, -0.2) is 4.39 Å². The first-order chi connectivity index (χ1) is 8.81. The third-order valence-electron chi connectivity index (χ3n) is 3.77. The molecule has 3 nitrogen and oxygen atoms in total. The van der Waals surface area contributed by atoms with Crippen LogP contribution in [0.2, 0.25) is 0 Å². The number of carbonyl (C=O) groups excluding carboxylic acids is 1. The number of hydrogen-bond acceptors (Lipinski definition) is 2. The van der Waals surface area contributed by atoms with E-state index in [0.29, 0.717) is 23.1 Å². The molecule has 1 saturated heterocycles. The maximum Gasteiger partial charge on any atom is 0.253 e. The monoisotopic (exact) mass is 328 g/mol. The lowest BCUT2D eigenvalue weighted by Crippen LogP contribution is -2.54. The molecular weight excluding hydrogens is 311 g/mol. The number of amides is 1. The Hall–Kier alpha value is -0.940. The van der Waals surface area contributed by atoms with Gasteiger partial charge in [0.05, 0.1) is 4.47 Å². The van der Waals surface area contributed by atoms with Crippen LogP contribution in [0.15, 0.2) is 22.7 Å². The summed E-state index contributed by atoms with van der Waals surface area (Å²) >= 11 is 3.10. The Morgan fingerprint density at radius 3 is 2.79 bits per heavy atom. The molecule has 1 atom stereocenters. The van der Waals surface area contributed by atoms with Crippen LogP contribution in [0.3, 0.4) is 0 Å². The SMILES string of the molecule is CC1(C)CN(C(=O)c2ccc(F)c(Br)c2)CCC1N.